The van der Waals surface area contributed by atoms with Crippen LogP contribution in [0.4, 0.5) is 4.39 Å². The summed E-state index contributed by atoms with van der Waals surface area (Å²) in [5.41, 5.74) is 3.48. The summed E-state index contributed by atoms with van der Waals surface area (Å²) in [7, 11) is 0. The third kappa shape index (κ3) is 2.56. The Balaban J connectivity index is 2.13. The van der Waals surface area contributed by atoms with E-state index in [2.05, 4.69) is 6.58 Å². The first-order chi connectivity index (χ1) is 10.8. The molecule has 2 nitrogen and oxygen atoms in total. The molecular weight excluding hydrogens is 291 g/mol. The number of benzene rings is 2. The standard InChI is InChI=1S/C20H19FO2/c1-12(2)19(22)23-20(3,4)18-15-8-6-5-7-14(15)17-11-13(21)9-10-16(17)18/h5-11,18H,1H2,2-4H3. The van der Waals surface area contributed by atoms with Crippen molar-refractivity contribution in [1.29, 1.82) is 0 Å². The van der Waals surface area contributed by atoms with E-state index in [-0.39, 0.29) is 11.7 Å². The van der Waals surface area contributed by atoms with Crippen molar-refractivity contribution in [2.24, 2.45) is 0 Å². The van der Waals surface area contributed by atoms with Gasteiger partial charge >= 0.3 is 5.97 Å². The molecule has 0 amide bonds. The van der Waals surface area contributed by atoms with Gasteiger partial charge in [0.1, 0.15) is 11.4 Å². The second kappa shape index (κ2) is 5.34. The van der Waals surface area contributed by atoms with E-state index in [1.807, 2.05) is 38.1 Å². The molecule has 1 aliphatic rings. The van der Waals surface area contributed by atoms with Crippen LogP contribution in [0, 0.1) is 5.82 Å². The molecule has 0 bridgehead atoms. The van der Waals surface area contributed by atoms with Crippen molar-refractivity contribution in [1.82, 2.24) is 0 Å². The van der Waals surface area contributed by atoms with E-state index in [0.717, 1.165) is 22.3 Å². The Kier molecular flexibility index (Phi) is 3.59. The molecule has 0 saturated carbocycles. The van der Waals surface area contributed by atoms with Gasteiger partial charge in [0, 0.05) is 11.5 Å². The molecule has 0 radical (unpaired) electrons. The van der Waals surface area contributed by atoms with Crippen LogP contribution in [0.3, 0.4) is 0 Å². The average Bonchev–Trinajstić information content (AvgIpc) is 2.81. The number of ether oxygens (including phenoxy) is 1. The van der Waals surface area contributed by atoms with Crippen molar-refractivity contribution in [3.63, 3.8) is 0 Å². The Morgan fingerprint density at radius 1 is 1.13 bits per heavy atom. The molecule has 0 saturated heterocycles. The van der Waals surface area contributed by atoms with Crippen LogP contribution in [0.25, 0.3) is 11.1 Å². The highest BCUT2D eigenvalue weighted by molar-refractivity contribution is 5.87. The molecule has 0 N–H and O–H groups in total. The van der Waals surface area contributed by atoms with Crippen LogP contribution in [0.1, 0.15) is 37.8 Å². The lowest BCUT2D eigenvalue weighted by molar-refractivity contribution is -0.152. The summed E-state index contributed by atoms with van der Waals surface area (Å²) in [6, 6.07) is 12.6. The van der Waals surface area contributed by atoms with E-state index in [0.29, 0.717) is 5.57 Å². The minimum absolute atomic E-state index is 0.141. The van der Waals surface area contributed by atoms with Gasteiger partial charge in [-0.2, -0.15) is 0 Å². The largest absolute Gasteiger partial charge is 0.455 e. The number of hydrogen-bond donors (Lipinski definition) is 0. The molecule has 0 heterocycles. The molecule has 1 atom stereocenters. The molecule has 0 spiro atoms. The van der Waals surface area contributed by atoms with Gasteiger partial charge in [-0.1, -0.05) is 36.9 Å². The van der Waals surface area contributed by atoms with Crippen LogP contribution in [0.2, 0.25) is 0 Å². The van der Waals surface area contributed by atoms with Gasteiger partial charge in [-0.05, 0) is 55.2 Å². The summed E-state index contributed by atoms with van der Waals surface area (Å²) < 4.78 is 19.4. The van der Waals surface area contributed by atoms with Gasteiger partial charge in [-0.25, -0.2) is 9.18 Å². The molecule has 3 rings (SSSR count). The monoisotopic (exact) mass is 310 g/mol. The van der Waals surface area contributed by atoms with Gasteiger partial charge in [-0.15, -0.1) is 0 Å². The van der Waals surface area contributed by atoms with Crippen molar-refractivity contribution >= 4 is 5.97 Å². The summed E-state index contributed by atoms with van der Waals surface area (Å²) in [6.45, 7) is 9.04. The average molecular weight is 310 g/mol. The molecular formula is C20H19FO2. The topological polar surface area (TPSA) is 26.3 Å². The first-order valence-corrected chi connectivity index (χ1v) is 7.59. The summed E-state index contributed by atoms with van der Waals surface area (Å²) in [4.78, 5) is 12.0. The fourth-order valence-corrected chi connectivity index (χ4v) is 3.31. The van der Waals surface area contributed by atoms with Crippen molar-refractivity contribution < 1.29 is 13.9 Å². The fraction of sp³-hybridized carbons (Fsp3) is 0.250. The predicted molar refractivity (Wildman–Crippen MR) is 88.7 cm³/mol. The number of fused-ring (bicyclic) bond motifs is 3. The Morgan fingerprint density at radius 3 is 2.48 bits per heavy atom. The van der Waals surface area contributed by atoms with Crippen molar-refractivity contribution in [2.45, 2.75) is 32.3 Å². The predicted octanol–water partition coefficient (Wildman–Crippen LogP) is 4.84. The molecule has 0 aliphatic heterocycles. The molecule has 3 heteroatoms. The second-order valence-electron chi connectivity index (χ2n) is 6.53. The third-order valence-electron chi connectivity index (χ3n) is 4.29. The van der Waals surface area contributed by atoms with Crippen LogP contribution in [0.5, 0.6) is 0 Å². The highest BCUT2D eigenvalue weighted by atomic mass is 19.1. The minimum atomic E-state index is -0.769. The molecule has 0 aromatic heterocycles. The zero-order chi connectivity index (χ0) is 16.8. The lowest BCUT2D eigenvalue weighted by atomic mass is 9.82. The number of carbonyl (C=O) groups is 1. The first kappa shape index (κ1) is 15.5. The van der Waals surface area contributed by atoms with E-state index in [4.69, 9.17) is 4.74 Å². The molecule has 0 fully saturated rings. The highest BCUT2D eigenvalue weighted by Crippen LogP contribution is 2.50. The number of rotatable bonds is 3. The summed E-state index contributed by atoms with van der Waals surface area (Å²) in [5.74, 6) is -0.823. The summed E-state index contributed by atoms with van der Waals surface area (Å²) in [5, 5.41) is 0. The maximum absolute atomic E-state index is 13.7. The van der Waals surface area contributed by atoms with Crippen molar-refractivity contribution in [3.05, 3.63) is 71.6 Å². The van der Waals surface area contributed by atoms with Gasteiger partial charge in [-0.3, -0.25) is 0 Å². The molecule has 2 aromatic carbocycles. The molecule has 2 aromatic rings. The Morgan fingerprint density at radius 2 is 1.78 bits per heavy atom. The third-order valence-corrected chi connectivity index (χ3v) is 4.29. The molecule has 118 valence electrons. The molecule has 1 aliphatic carbocycles. The maximum atomic E-state index is 13.7. The lowest BCUT2D eigenvalue weighted by Crippen LogP contribution is -2.35. The fourth-order valence-electron chi connectivity index (χ4n) is 3.31. The van der Waals surface area contributed by atoms with Crippen LogP contribution in [-0.4, -0.2) is 11.6 Å². The van der Waals surface area contributed by atoms with Gasteiger partial charge < -0.3 is 4.74 Å². The number of hydrogen-bond acceptors (Lipinski definition) is 2. The number of halogens is 1. The van der Waals surface area contributed by atoms with Crippen molar-refractivity contribution in [3.8, 4) is 11.1 Å². The van der Waals surface area contributed by atoms with Gasteiger partial charge in [0.2, 0.25) is 0 Å². The normalized spacial score (nSPS) is 15.7. The maximum Gasteiger partial charge on any atom is 0.333 e. The van der Waals surface area contributed by atoms with E-state index in [1.54, 1.807) is 19.1 Å². The van der Waals surface area contributed by atoms with Gasteiger partial charge in [0.15, 0.2) is 0 Å². The van der Waals surface area contributed by atoms with E-state index in [9.17, 15) is 9.18 Å². The Bertz CT molecular complexity index is 805. The van der Waals surface area contributed by atoms with Crippen LogP contribution >= 0.6 is 0 Å². The Hall–Kier alpha value is -2.42. The minimum Gasteiger partial charge on any atom is -0.455 e. The second-order valence-corrected chi connectivity index (χ2v) is 6.53. The van der Waals surface area contributed by atoms with E-state index in [1.165, 1.54) is 6.07 Å². The highest BCUT2D eigenvalue weighted by Gasteiger charge is 2.42. The zero-order valence-corrected chi connectivity index (χ0v) is 13.5. The number of carbonyl (C=O) groups excluding carboxylic acids is 1. The Labute approximate surface area is 135 Å². The molecule has 1 unspecified atom stereocenters. The first-order valence-electron chi connectivity index (χ1n) is 7.59. The smallest absolute Gasteiger partial charge is 0.333 e. The van der Waals surface area contributed by atoms with Crippen LogP contribution in [0.15, 0.2) is 54.6 Å². The van der Waals surface area contributed by atoms with Crippen LogP contribution in [-0.2, 0) is 9.53 Å². The van der Waals surface area contributed by atoms with Crippen LogP contribution < -0.4 is 0 Å². The summed E-state index contributed by atoms with van der Waals surface area (Å²) in [6.07, 6.45) is 0. The number of esters is 1. The summed E-state index contributed by atoms with van der Waals surface area (Å²) >= 11 is 0. The lowest BCUT2D eigenvalue weighted by Gasteiger charge is -2.33. The molecule has 23 heavy (non-hydrogen) atoms. The SMILES string of the molecule is C=C(C)C(=O)OC(C)(C)C1c2ccccc2-c2cc(F)ccc21. The van der Waals surface area contributed by atoms with Crippen molar-refractivity contribution in [2.75, 3.05) is 0 Å². The van der Waals surface area contributed by atoms with Gasteiger partial charge in [0.05, 0.1) is 0 Å². The van der Waals surface area contributed by atoms with Gasteiger partial charge in [0.25, 0.3) is 0 Å². The quantitative estimate of drug-likeness (QED) is 0.599. The van der Waals surface area contributed by atoms with E-state index >= 15 is 0 Å². The zero-order valence-electron chi connectivity index (χ0n) is 13.5. The van der Waals surface area contributed by atoms with E-state index < -0.39 is 11.6 Å².